The zero-order chi connectivity index (χ0) is 16.3. The van der Waals surface area contributed by atoms with Crippen LogP contribution in [-0.2, 0) is 17.2 Å². The van der Waals surface area contributed by atoms with Gasteiger partial charge >= 0.3 is 0 Å². The number of rotatable bonds is 7. The van der Waals surface area contributed by atoms with Crippen molar-refractivity contribution in [2.24, 2.45) is 5.92 Å². The lowest BCUT2D eigenvalue weighted by molar-refractivity contribution is 0.414. The highest BCUT2D eigenvalue weighted by Crippen LogP contribution is 2.56. The van der Waals surface area contributed by atoms with Gasteiger partial charge in [0.25, 0.3) is 0 Å². The third-order valence-electron chi connectivity index (χ3n) is 4.42. The van der Waals surface area contributed by atoms with Gasteiger partial charge in [-0.15, -0.1) is 11.6 Å². The monoisotopic (exact) mass is 348 g/mol. The fourth-order valence-electron chi connectivity index (χ4n) is 2.91. The Morgan fingerprint density at radius 1 is 1.17 bits per heavy atom. The first-order chi connectivity index (χ1) is 11.1. The van der Waals surface area contributed by atoms with E-state index in [2.05, 4.69) is 12.1 Å². The largest absolute Gasteiger partial charge is 0.497 e. The molecule has 3 atom stereocenters. The third-order valence-corrected chi connectivity index (χ3v) is 7.12. The Bertz CT molecular complexity index is 672. The summed E-state index contributed by atoms with van der Waals surface area (Å²) in [5.74, 6) is 1.23. The third kappa shape index (κ3) is 3.78. The molecule has 0 aromatic heterocycles. The Labute approximate surface area is 145 Å². The lowest BCUT2D eigenvalue weighted by atomic mass is 10.1. The molecule has 0 saturated heterocycles. The Hall–Kier alpha value is -1.32. The summed E-state index contributed by atoms with van der Waals surface area (Å²) >= 11 is 6.60. The van der Waals surface area contributed by atoms with Crippen LogP contribution in [0.25, 0.3) is 0 Å². The van der Waals surface area contributed by atoms with E-state index in [0.717, 1.165) is 36.3 Å². The average molecular weight is 349 g/mol. The summed E-state index contributed by atoms with van der Waals surface area (Å²) in [5, 5.41) is 0. The Morgan fingerprint density at radius 3 is 2.52 bits per heavy atom. The molecule has 0 amide bonds. The van der Waals surface area contributed by atoms with Gasteiger partial charge in [-0.2, -0.15) is 0 Å². The van der Waals surface area contributed by atoms with Crippen LogP contribution in [0.2, 0.25) is 0 Å². The van der Waals surface area contributed by atoms with Gasteiger partial charge in [0.05, 0.1) is 17.9 Å². The second-order valence-corrected chi connectivity index (χ2v) is 8.65. The van der Waals surface area contributed by atoms with Crippen molar-refractivity contribution in [1.82, 2.24) is 0 Å². The number of hydrogen-bond donors (Lipinski definition) is 0. The first-order valence-corrected chi connectivity index (χ1v) is 9.45. The molecule has 0 spiro atoms. The molecule has 3 unspecified atom stereocenters. The number of aryl methyl sites for hydroxylation is 1. The van der Waals surface area contributed by atoms with Gasteiger partial charge in [-0.25, -0.2) is 0 Å². The minimum Gasteiger partial charge on any atom is -0.497 e. The summed E-state index contributed by atoms with van der Waals surface area (Å²) in [4.78, 5) is 0.833. The van der Waals surface area contributed by atoms with Crippen molar-refractivity contribution in [3.8, 4) is 5.75 Å². The highest BCUT2D eigenvalue weighted by atomic mass is 35.5. The Balaban J connectivity index is 1.49. The average Bonchev–Trinajstić information content (AvgIpc) is 3.27. The molecule has 1 aliphatic carbocycles. The molecular weight excluding hydrogens is 328 g/mol. The molecule has 122 valence electrons. The quantitative estimate of drug-likeness (QED) is 0.673. The smallest absolute Gasteiger partial charge is 0.127 e. The number of benzene rings is 2. The van der Waals surface area contributed by atoms with Gasteiger partial charge in [0.15, 0.2) is 0 Å². The van der Waals surface area contributed by atoms with E-state index in [1.165, 1.54) is 5.56 Å². The fraction of sp³-hybridized carbons (Fsp3) is 0.368. The van der Waals surface area contributed by atoms with Crippen molar-refractivity contribution in [2.75, 3.05) is 7.11 Å². The zero-order valence-electron chi connectivity index (χ0n) is 13.2. The van der Waals surface area contributed by atoms with E-state index in [-0.39, 0.29) is 0 Å². The SMILES string of the molecule is COc1ccc(CCCC2CC2(Cl)S(=O)c2ccccc2)cc1. The van der Waals surface area contributed by atoms with Gasteiger partial charge in [0.2, 0.25) is 0 Å². The molecule has 1 fully saturated rings. The van der Waals surface area contributed by atoms with Crippen molar-refractivity contribution < 1.29 is 8.95 Å². The van der Waals surface area contributed by atoms with Crippen molar-refractivity contribution in [2.45, 2.75) is 34.8 Å². The topological polar surface area (TPSA) is 26.3 Å². The highest BCUT2D eigenvalue weighted by Gasteiger charge is 2.57. The predicted octanol–water partition coefficient (Wildman–Crippen LogP) is 4.78. The first kappa shape index (κ1) is 16.5. The van der Waals surface area contributed by atoms with Crippen LogP contribution in [0.5, 0.6) is 5.75 Å². The summed E-state index contributed by atoms with van der Waals surface area (Å²) < 4.78 is 17.2. The van der Waals surface area contributed by atoms with E-state index >= 15 is 0 Å². The summed E-state index contributed by atoms with van der Waals surface area (Å²) in [6, 6.07) is 17.7. The van der Waals surface area contributed by atoms with Crippen LogP contribution in [0.4, 0.5) is 0 Å². The second kappa shape index (κ2) is 7.06. The zero-order valence-corrected chi connectivity index (χ0v) is 14.8. The molecule has 3 rings (SSSR count). The number of hydrogen-bond acceptors (Lipinski definition) is 2. The lowest BCUT2D eigenvalue weighted by Crippen LogP contribution is -2.12. The maximum absolute atomic E-state index is 12.6. The molecular formula is C19H21ClO2S. The lowest BCUT2D eigenvalue weighted by Gasteiger charge is -2.09. The summed E-state index contributed by atoms with van der Waals surface area (Å²) in [5.41, 5.74) is 1.30. The van der Waals surface area contributed by atoms with Gasteiger partial charge in [0, 0.05) is 4.90 Å². The van der Waals surface area contributed by atoms with Crippen molar-refractivity contribution in [3.63, 3.8) is 0 Å². The Kier molecular flexibility index (Phi) is 5.08. The van der Waals surface area contributed by atoms with Gasteiger partial charge in [-0.3, -0.25) is 4.21 Å². The molecule has 0 N–H and O–H groups in total. The van der Waals surface area contributed by atoms with E-state index in [1.54, 1.807) is 7.11 Å². The molecule has 1 aliphatic rings. The number of methoxy groups -OCH3 is 1. The maximum Gasteiger partial charge on any atom is 0.127 e. The number of alkyl halides is 1. The molecule has 0 radical (unpaired) electrons. The van der Waals surface area contributed by atoms with E-state index in [9.17, 15) is 4.21 Å². The van der Waals surface area contributed by atoms with Crippen molar-refractivity contribution in [1.29, 1.82) is 0 Å². The normalized spacial score (nSPS) is 24.2. The number of halogens is 1. The minimum absolute atomic E-state index is 0.350. The molecule has 4 heteroatoms. The van der Waals surface area contributed by atoms with Crippen LogP contribution in [0.3, 0.4) is 0 Å². The van der Waals surface area contributed by atoms with Crippen LogP contribution in [0, 0.1) is 5.92 Å². The number of ether oxygens (including phenoxy) is 1. The van der Waals surface area contributed by atoms with E-state index < -0.39 is 15.0 Å². The van der Waals surface area contributed by atoms with E-state index in [0.29, 0.717) is 5.92 Å². The van der Waals surface area contributed by atoms with Gasteiger partial charge in [-0.1, -0.05) is 30.3 Å². The molecule has 2 aromatic carbocycles. The van der Waals surface area contributed by atoms with Crippen molar-refractivity contribution in [3.05, 3.63) is 60.2 Å². The van der Waals surface area contributed by atoms with Crippen LogP contribution in [0.15, 0.2) is 59.5 Å². The van der Waals surface area contributed by atoms with E-state index in [4.69, 9.17) is 16.3 Å². The highest BCUT2D eigenvalue weighted by molar-refractivity contribution is 7.88. The maximum atomic E-state index is 12.6. The summed E-state index contributed by atoms with van der Waals surface area (Å²) in [7, 11) is 0.553. The van der Waals surface area contributed by atoms with Gasteiger partial charge in [0.1, 0.15) is 9.96 Å². The van der Waals surface area contributed by atoms with Gasteiger partial charge < -0.3 is 4.74 Å². The first-order valence-electron chi connectivity index (χ1n) is 7.92. The fourth-order valence-corrected chi connectivity index (χ4v) is 5.04. The molecule has 2 aromatic rings. The molecule has 23 heavy (non-hydrogen) atoms. The molecule has 2 nitrogen and oxygen atoms in total. The van der Waals surface area contributed by atoms with Crippen molar-refractivity contribution >= 4 is 22.4 Å². The van der Waals surface area contributed by atoms with Crippen LogP contribution in [0.1, 0.15) is 24.8 Å². The minimum atomic E-state index is -1.12. The van der Waals surface area contributed by atoms with E-state index in [1.807, 2.05) is 42.5 Å². The van der Waals surface area contributed by atoms with Crippen LogP contribution >= 0.6 is 11.6 Å². The van der Waals surface area contributed by atoms with Crippen LogP contribution in [-0.4, -0.2) is 15.5 Å². The van der Waals surface area contributed by atoms with Gasteiger partial charge in [-0.05, 0) is 61.4 Å². The van der Waals surface area contributed by atoms with Crippen LogP contribution < -0.4 is 4.74 Å². The molecule has 0 aliphatic heterocycles. The summed E-state index contributed by atoms with van der Waals surface area (Å²) in [6.45, 7) is 0. The molecule has 0 heterocycles. The molecule has 0 bridgehead atoms. The standard InChI is InChI=1S/C19H21ClO2S/c1-22-17-12-10-15(11-13-17)6-5-7-16-14-19(16,20)23(21)18-8-3-2-4-9-18/h2-4,8-13,16H,5-7,14H2,1H3. The second-order valence-electron chi connectivity index (χ2n) is 6.01. The molecule has 1 saturated carbocycles. The predicted molar refractivity (Wildman–Crippen MR) is 95.5 cm³/mol. The summed E-state index contributed by atoms with van der Waals surface area (Å²) in [6.07, 6.45) is 3.95. The Morgan fingerprint density at radius 2 is 1.87 bits per heavy atom.